The Morgan fingerprint density at radius 3 is 1.88 bits per heavy atom. The van der Waals surface area contributed by atoms with E-state index in [2.05, 4.69) is 4.99 Å². The summed E-state index contributed by atoms with van der Waals surface area (Å²) in [6.45, 7) is 0. The van der Waals surface area contributed by atoms with E-state index in [0.29, 0.717) is 11.3 Å². The fourth-order valence-corrected chi connectivity index (χ4v) is 3.48. The summed E-state index contributed by atoms with van der Waals surface area (Å²) in [6, 6.07) is 20.5. The topological polar surface area (TPSA) is 169 Å². The molecule has 11 nitrogen and oxygen atoms in total. The summed E-state index contributed by atoms with van der Waals surface area (Å²) in [5.41, 5.74) is 1.01. The summed E-state index contributed by atoms with van der Waals surface area (Å²) in [4.78, 5) is 4.28. The van der Waals surface area contributed by atoms with E-state index in [0.717, 1.165) is 0 Å². The van der Waals surface area contributed by atoms with Crippen LogP contribution in [-0.4, -0.2) is 21.8 Å². The van der Waals surface area contributed by atoms with Crippen molar-refractivity contribution in [3.05, 3.63) is 100 Å². The maximum atomic E-state index is 12.3. The van der Waals surface area contributed by atoms with E-state index in [1.165, 1.54) is 42.6 Å². The number of benzene rings is 3. The molecule has 0 saturated carbocycles. The molecule has 0 aliphatic rings. The lowest BCUT2D eigenvalue weighted by Gasteiger charge is -2.15. The molecule has 0 aliphatic heterocycles. The van der Waals surface area contributed by atoms with Crippen molar-refractivity contribution in [2.75, 3.05) is 0 Å². The van der Waals surface area contributed by atoms with Gasteiger partial charge >= 0.3 is 0 Å². The number of nitrogens with one attached hydrogen (secondary N) is 3. The SMILES string of the molecule is [O-][NH+](O)c1cccc(-c2oc(C=Nc3ccccc3)c([NH+]([O-])O)c2-c2cccc([NH+]([O-])O)c2)c1. The van der Waals surface area contributed by atoms with Gasteiger partial charge in [0.2, 0.25) is 11.4 Å². The molecule has 3 aromatic carbocycles. The van der Waals surface area contributed by atoms with Crippen molar-refractivity contribution in [3.8, 4) is 22.5 Å². The summed E-state index contributed by atoms with van der Waals surface area (Å²) in [7, 11) is 0. The largest absolute Gasteiger partial charge is 0.595 e. The number of rotatable bonds is 7. The van der Waals surface area contributed by atoms with Crippen molar-refractivity contribution < 1.29 is 35.7 Å². The number of para-hydroxylation sites is 1. The Bertz CT molecular complexity index is 1300. The summed E-state index contributed by atoms with van der Waals surface area (Å²) in [5, 5.41) is 60.5. The second kappa shape index (κ2) is 10.0. The van der Waals surface area contributed by atoms with Gasteiger partial charge in [0.05, 0.1) is 17.5 Å². The van der Waals surface area contributed by atoms with Crippen LogP contribution in [-0.2, 0) is 0 Å². The highest BCUT2D eigenvalue weighted by Crippen LogP contribution is 2.41. The number of hydrogen-bond donors (Lipinski definition) is 6. The van der Waals surface area contributed by atoms with Crippen LogP contribution in [0.2, 0.25) is 0 Å². The first-order chi connectivity index (χ1) is 16.3. The number of nitrogens with zero attached hydrogens (tertiary/aromatic N) is 1. The monoisotopic (exact) mass is 464 g/mol. The van der Waals surface area contributed by atoms with Crippen molar-refractivity contribution in [1.29, 1.82) is 0 Å². The zero-order chi connectivity index (χ0) is 24.2. The van der Waals surface area contributed by atoms with Gasteiger partial charge in [-0.1, -0.05) is 42.5 Å². The highest BCUT2D eigenvalue weighted by atomic mass is 16.8. The standard InChI is InChI=1S/C23H20N4O7/c28-25(29)18-10-4-6-15(12-18)21-22(27(32)33)20(14-24-17-8-2-1-3-9-17)34-23(21)16-7-5-11-19(13-16)26(30)31/h1-14,25-28,30,32H. The smallest absolute Gasteiger partial charge is 0.220 e. The van der Waals surface area contributed by atoms with Gasteiger partial charge in [-0.05, 0) is 17.7 Å². The zero-order valence-corrected chi connectivity index (χ0v) is 17.5. The van der Waals surface area contributed by atoms with Gasteiger partial charge in [0.15, 0.2) is 11.4 Å². The average Bonchev–Trinajstić information content (AvgIpc) is 3.23. The molecule has 0 spiro atoms. The van der Waals surface area contributed by atoms with Crippen LogP contribution in [0.25, 0.3) is 22.5 Å². The van der Waals surface area contributed by atoms with Gasteiger partial charge in [0.25, 0.3) is 0 Å². The van der Waals surface area contributed by atoms with Gasteiger partial charge in [-0.3, -0.25) is 4.99 Å². The first kappa shape index (κ1) is 23.4. The minimum absolute atomic E-state index is 0.0180. The van der Waals surface area contributed by atoms with Crippen LogP contribution in [0.3, 0.4) is 0 Å². The Balaban J connectivity index is 1.96. The Labute approximate surface area is 192 Å². The summed E-state index contributed by atoms with van der Waals surface area (Å²) >= 11 is 0. The Hall–Kier alpha value is -3.75. The van der Waals surface area contributed by atoms with Crippen molar-refractivity contribution in [3.63, 3.8) is 0 Å². The number of hydrogen-bond acceptors (Lipinski definition) is 8. The normalized spacial score (nSPS) is 14.3. The van der Waals surface area contributed by atoms with E-state index in [4.69, 9.17) is 4.42 Å². The maximum absolute atomic E-state index is 12.3. The highest BCUT2D eigenvalue weighted by molar-refractivity contribution is 5.96. The molecule has 3 atom stereocenters. The third-order valence-electron chi connectivity index (χ3n) is 5.01. The molecule has 0 bridgehead atoms. The Morgan fingerprint density at radius 1 is 0.706 bits per heavy atom. The molecule has 4 aromatic rings. The zero-order valence-electron chi connectivity index (χ0n) is 17.5. The fourth-order valence-electron chi connectivity index (χ4n) is 3.48. The summed E-state index contributed by atoms with van der Waals surface area (Å²) in [5.74, 6) is 0.0142. The molecule has 0 saturated heterocycles. The second-order valence-corrected chi connectivity index (χ2v) is 7.22. The summed E-state index contributed by atoms with van der Waals surface area (Å²) in [6.07, 6.45) is 1.27. The van der Waals surface area contributed by atoms with Crippen LogP contribution < -0.4 is 15.7 Å². The lowest BCUT2D eigenvalue weighted by atomic mass is 9.99. The van der Waals surface area contributed by atoms with E-state index in [1.54, 1.807) is 36.4 Å². The van der Waals surface area contributed by atoms with Crippen molar-refractivity contribution in [1.82, 2.24) is 0 Å². The second-order valence-electron chi connectivity index (χ2n) is 7.22. The van der Waals surface area contributed by atoms with Crippen molar-refractivity contribution in [2.45, 2.75) is 0 Å². The molecule has 0 aliphatic carbocycles. The molecule has 0 radical (unpaired) electrons. The van der Waals surface area contributed by atoms with E-state index < -0.39 is 15.7 Å². The molecule has 4 rings (SSSR count). The van der Waals surface area contributed by atoms with Crippen LogP contribution in [0, 0.1) is 15.6 Å². The molecule has 0 amide bonds. The third kappa shape index (κ3) is 4.93. The molecule has 1 aromatic heterocycles. The Morgan fingerprint density at radius 2 is 1.29 bits per heavy atom. The Kier molecular flexibility index (Phi) is 6.90. The van der Waals surface area contributed by atoms with E-state index in [9.17, 15) is 31.2 Å². The van der Waals surface area contributed by atoms with Gasteiger partial charge in [-0.2, -0.15) is 15.7 Å². The molecular formula is C23H20N4O7. The number of aliphatic imine (C=N–C) groups is 1. The molecule has 3 unspecified atom stereocenters. The highest BCUT2D eigenvalue weighted by Gasteiger charge is 2.28. The molecule has 11 heteroatoms. The van der Waals surface area contributed by atoms with E-state index in [1.807, 2.05) is 6.07 Å². The minimum Gasteiger partial charge on any atom is -0.595 e. The predicted octanol–water partition coefficient (Wildman–Crippen LogP) is 1.57. The first-order valence-electron chi connectivity index (χ1n) is 10.0. The lowest BCUT2D eigenvalue weighted by Crippen LogP contribution is -2.99. The van der Waals surface area contributed by atoms with Gasteiger partial charge in [0.1, 0.15) is 5.76 Å². The van der Waals surface area contributed by atoms with Crippen LogP contribution in [0.1, 0.15) is 5.76 Å². The van der Waals surface area contributed by atoms with E-state index >= 15 is 0 Å². The summed E-state index contributed by atoms with van der Waals surface area (Å²) < 4.78 is 5.93. The van der Waals surface area contributed by atoms with Gasteiger partial charge in [-0.25, -0.2) is 15.6 Å². The van der Waals surface area contributed by atoms with Crippen LogP contribution in [0.5, 0.6) is 0 Å². The third-order valence-corrected chi connectivity index (χ3v) is 5.01. The molecule has 1 heterocycles. The van der Waals surface area contributed by atoms with Crippen LogP contribution in [0.4, 0.5) is 22.7 Å². The molecule has 174 valence electrons. The number of quaternary nitrogens is 3. The average molecular weight is 464 g/mol. The minimum atomic E-state index is -1.31. The van der Waals surface area contributed by atoms with Crippen molar-refractivity contribution in [2.24, 2.45) is 4.99 Å². The lowest BCUT2D eigenvalue weighted by molar-refractivity contribution is -0.991. The van der Waals surface area contributed by atoms with Crippen LogP contribution >= 0.6 is 0 Å². The molecule has 6 N–H and O–H groups in total. The van der Waals surface area contributed by atoms with Gasteiger partial charge < -0.3 is 20.0 Å². The predicted molar refractivity (Wildman–Crippen MR) is 121 cm³/mol. The van der Waals surface area contributed by atoms with Gasteiger partial charge in [0, 0.05) is 29.8 Å². The molecule has 34 heavy (non-hydrogen) atoms. The van der Waals surface area contributed by atoms with Crippen molar-refractivity contribution >= 4 is 29.0 Å². The first-order valence-corrected chi connectivity index (χ1v) is 10.0. The van der Waals surface area contributed by atoms with E-state index in [-0.39, 0.29) is 39.7 Å². The van der Waals surface area contributed by atoms with Crippen LogP contribution in [0.15, 0.2) is 88.3 Å². The van der Waals surface area contributed by atoms with Gasteiger partial charge in [-0.15, -0.1) is 0 Å². The molecular weight excluding hydrogens is 444 g/mol. The maximum Gasteiger partial charge on any atom is 0.220 e. The molecule has 0 fully saturated rings. The number of furan rings is 1. The quantitative estimate of drug-likeness (QED) is 0.178. The fraction of sp³-hybridized carbons (Fsp3) is 0.